The molecule has 0 unspecified atom stereocenters. The molecule has 0 aromatic heterocycles. The van der Waals surface area contributed by atoms with E-state index in [-0.39, 0.29) is 0 Å². The molecule has 0 spiro atoms. The molecule has 11 heteroatoms. The minimum absolute atomic E-state index is 0.306. The molecule has 0 aliphatic rings. The van der Waals surface area contributed by atoms with E-state index >= 15 is 0 Å². The van der Waals surface area contributed by atoms with Crippen LogP contribution in [0.1, 0.15) is 11.6 Å². The quantitative estimate of drug-likeness (QED) is 0.818. The van der Waals surface area contributed by atoms with Crippen LogP contribution < -0.4 is 10.5 Å². The molecule has 126 valence electrons. The third-order valence-electron chi connectivity index (χ3n) is 2.49. The molecule has 22 heavy (non-hydrogen) atoms. The molecule has 1 aromatic carbocycles. The van der Waals surface area contributed by atoms with Gasteiger partial charge in [-0.3, -0.25) is 0 Å². The number of benzene rings is 1. The fraction of sp³-hybridized carbons (Fsp3) is 0.455. The second-order valence-corrected chi connectivity index (χ2v) is 4.14. The third-order valence-corrected chi connectivity index (χ3v) is 2.49. The van der Waals surface area contributed by atoms with Gasteiger partial charge in [0.1, 0.15) is 11.8 Å². The Balaban J connectivity index is 3.07. The first-order valence-corrected chi connectivity index (χ1v) is 5.44. The highest BCUT2D eigenvalue weighted by Crippen LogP contribution is 2.43. The highest BCUT2D eigenvalue weighted by Gasteiger charge is 2.61. The van der Waals surface area contributed by atoms with Crippen LogP contribution in [-0.4, -0.2) is 24.6 Å². The molecule has 0 aliphatic heterocycles. The molecular formula is C11H8F9NO. The van der Waals surface area contributed by atoms with E-state index in [2.05, 4.69) is 4.74 Å². The van der Waals surface area contributed by atoms with Crippen LogP contribution in [0.5, 0.6) is 5.75 Å². The highest BCUT2D eigenvalue weighted by molar-refractivity contribution is 5.32. The van der Waals surface area contributed by atoms with Crippen molar-refractivity contribution in [2.24, 2.45) is 5.73 Å². The zero-order chi connectivity index (χ0) is 17.3. The Morgan fingerprint density at radius 3 is 1.95 bits per heavy atom. The first-order chi connectivity index (χ1) is 9.79. The smallest absolute Gasteiger partial charge is 0.428 e. The second-order valence-electron chi connectivity index (χ2n) is 4.14. The molecule has 0 saturated heterocycles. The summed E-state index contributed by atoms with van der Waals surface area (Å²) in [4.78, 5) is 0. The zero-order valence-corrected chi connectivity index (χ0v) is 10.4. The fourth-order valence-electron chi connectivity index (χ4n) is 1.36. The van der Waals surface area contributed by atoms with Crippen LogP contribution in [0.25, 0.3) is 0 Å². The van der Waals surface area contributed by atoms with Crippen LogP contribution in [0.15, 0.2) is 24.3 Å². The summed E-state index contributed by atoms with van der Waals surface area (Å²) in [6.07, 6.45) is -15.1. The molecule has 1 rings (SSSR count). The van der Waals surface area contributed by atoms with Crippen molar-refractivity contribution in [3.8, 4) is 5.75 Å². The average Bonchev–Trinajstić information content (AvgIpc) is 2.36. The summed E-state index contributed by atoms with van der Waals surface area (Å²) in [6.45, 7) is 0. The Morgan fingerprint density at radius 2 is 1.50 bits per heavy atom. The summed E-state index contributed by atoms with van der Waals surface area (Å²) >= 11 is 0. The normalized spacial score (nSPS) is 15.0. The van der Waals surface area contributed by atoms with E-state index in [9.17, 15) is 39.5 Å². The zero-order valence-electron chi connectivity index (χ0n) is 10.4. The van der Waals surface area contributed by atoms with Gasteiger partial charge in [0.2, 0.25) is 0 Å². The molecule has 1 atom stereocenters. The summed E-state index contributed by atoms with van der Waals surface area (Å²) in [5, 5.41) is 0. The van der Waals surface area contributed by atoms with E-state index in [1.165, 1.54) is 0 Å². The molecule has 0 aliphatic carbocycles. The number of alkyl halides is 9. The van der Waals surface area contributed by atoms with E-state index in [4.69, 9.17) is 5.73 Å². The topological polar surface area (TPSA) is 35.2 Å². The maximum atomic E-state index is 13.0. The first-order valence-electron chi connectivity index (χ1n) is 5.44. The Labute approximate surface area is 117 Å². The predicted molar refractivity (Wildman–Crippen MR) is 56.0 cm³/mol. The van der Waals surface area contributed by atoms with Crippen LogP contribution >= 0.6 is 0 Å². The van der Waals surface area contributed by atoms with E-state index in [0.29, 0.717) is 18.2 Å². The van der Waals surface area contributed by atoms with E-state index in [1.54, 1.807) is 0 Å². The molecule has 2 nitrogen and oxygen atoms in total. The standard InChI is InChI=1S/C11H8F9NO/c12-8(13)10(16,17)22-6-3-1-2-5(4-6)7(21)9(14,15)11(18,19)20/h1-4,7-8H,21H2/t7-/m0/s1. The molecule has 1 aromatic rings. The van der Waals surface area contributed by atoms with Crippen molar-refractivity contribution in [3.63, 3.8) is 0 Å². The predicted octanol–water partition coefficient (Wildman–Crippen LogP) is 4.12. The lowest BCUT2D eigenvalue weighted by molar-refractivity contribution is -0.291. The third kappa shape index (κ3) is 3.76. The van der Waals surface area contributed by atoms with Gasteiger partial charge in [-0.05, 0) is 17.7 Å². The Bertz CT molecular complexity index is 515. The average molecular weight is 341 g/mol. The van der Waals surface area contributed by atoms with Gasteiger partial charge in [-0.1, -0.05) is 12.1 Å². The largest absolute Gasteiger partial charge is 0.461 e. The van der Waals surface area contributed by atoms with Crippen LogP contribution in [-0.2, 0) is 0 Å². The maximum absolute atomic E-state index is 13.0. The summed E-state index contributed by atoms with van der Waals surface area (Å²) in [6, 6.07) is -0.481. The molecule has 0 amide bonds. The lowest BCUT2D eigenvalue weighted by Gasteiger charge is -2.26. The van der Waals surface area contributed by atoms with Crippen LogP contribution in [0.3, 0.4) is 0 Å². The highest BCUT2D eigenvalue weighted by atomic mass is 19.4. The van der Waals surface area contributed by atoms with Gasteiger partial charge in [-0.15, -0.1) is 0 Å². The Morgan fingerprint density at radius 1 is 0.955 bits per heavy atom. The fourth-order valence-corrected chi connectivity index (χ4v) is 1.36. The van der Waals surface area contributed by atoms with E-state index < -0.39 is 42.0 Å². The summed E-state index contributed by atoms with van der Waals surface area (Å²) in [5.41, 5.74) is 3.88. The molecular weight excluding hydrogens is 333 g/mol. The SMILES string of the molecule is N[C@@H](c1cccc(OC(F)(F)C(F)F)c1)C(F)(F)C(F)(F)F. The molecule has 0 saturated carbocycles. The van der Waals surface area contributed by atoms with Crippen molar-refractivity contribution < 1.29 is 44.3 Å². The van der Waals surface area contributed by atoms with Crippen molar-refractivity contribution in [2.45, 2.75) is 30.7 Å². The van der Waals surface area contributed by atoms with Gasteiger partial charge in [0, 0.05) is 0 Å². The lowest BCUT2D eigenvalue weighted by atomic mass is 10.0. The van der Waals surface area contributed by atoms with Crippen molar-refractivity contribution in [3.05, 3.63) is 29.8 Å². The second kappa shape index (κ2) is 5.86. The lowest BCUT2D eigenvalue weighted by Crippen LogP contribution is -2.45. The van der Waals surface area contributed by atoms with Crippen molar-refractivity contribution >= 4 is 0 Å². The van der Waals surface area contributed by atoms with Crippen LogP contribution in [0, 0.1) is 0 Å². The number of ether oxygens (including phenoxy) is 1. The molecule has 0 fully saturated rings. The number of rotatable bonds is 5. The first kappa shape index (κ1) is 18.4. The number of halogens is 9. The summed E-state index contributed by atoms with van der Waals surface area (Å²) < 4.78 is 115. The van der Waals surface area contributed by atoms with E-state index in [0.717, 1.165) is 6.07 Å². The number of hydrogen-bond donors (Lipinski definition) is 1. The van der Waals surface area contributed by atoms with Gasteiger partial charge < -0.3 is 10.5 Å². The summed E-state index contributed by atoms with van der Waals surface area (Å²) in [5.74, 6) is -6.38. The Hall–Kier alpha value is -1.65. The van der Waals surface area contributed by atoms with Gasteiger partial charge in [0.05, 0.1) is 0 Å². The minimum Gasteiger partial charge on any atom is -0.428 e. The Kier molecular flexibility index (Phi) is 4.90. The van der Waals surface area contributed by atoms with Gasteiger partial charge in [0.25, 0.3) is 0 Å². The maximum Gasteiger partial charge on any atom is 0.461 e. The van der Waals surface area contributed by atoms with Crippen molar-refractivity contribution in [1.29, 1.82) is 0 Å². The molecule has 0 heterocycles. The minimum atomic E-state index is -5.98. The van der Waals surface area contributed by atoms with Crippen molar-refractivity contribution in [1.82, 2.24) is 0 Å². The van der Waals surface area contributed by atoms with Crippen LogP contribution in [0.2, 0.25) is 0 Å². The number of hydrogen-bond acceptors (Lipinski definition) is 2. The van der Waals surface area contributed by atoms with Gasteiger partial charge in [-0.2, -0.15) is 39.5 Å². The van der Waals surface area contributed by atoms with Crippen molar-refractivity contribution in [2.75, 3.05) is 0 Å². The van der Waals surface area contributed by atoms with Gasteiger partial charge in [-0.25, -0.2) is 0 Å². The van der Waals surface area contributed by atoms with E-state index in [1.807, 2.05) is 0 Å². The number of nitrogens with two attached hydrogens (primary N) is 1. The molecule has 2 N–H and O–H groups in total. The summed E-state index contributed by atoms with van der Waals surface area (Å²) in [7, 11) is 0. The van der Waals surface area contributed by atoms with Gasteiger partial charge >= 0.3 is 24.6 Å². The monoisotopic (exact) mass is 341 g/mol. The van der Waals surface area contributed by atoms with Crippen LogP contribution in [0.4, 0.5) is 39.5 Å². The van der Waals surface area contributed by atoms with Gasteiger partial charge in [0.15, 0.2) is 0 Å². The molecule has 0 bridgehead atoms. The molecule has 0 radical (unpaired) electrons.